The third-order valence-corrected chi connectivity index (χ3v) is 3.01. The molecule has 1 fully saturated rings. The fourth-order valence-electron chi connectivity index (χ4n) is 1.92. The van der Waals surface area contributed by atoms with E-state index in [1.807, 2.05) is 0 Å². The fourth-order valence-corrected chi connectivity index (χ4v) is 1.92. The van der Waals surface area contributed by atoms with Crippen molar-refractivity contribution in [2.45, 2.75) is 38.9 Å². The highest BCUT2D eigenvalue weighted by molar-refractivity contribution is 5.98. The van der Waals surface area contributed by atoms with Crippen molar-refractivity contribution in [2.24, 2.45) is 0 Å². The lowest BCUT2D eigenvalue weighted by molar-refractivity contribution is -0.153. The lowest BCUT2D eigenvalue weighted by Crippen LogP contribution is -2.67. The average molecular weight is 248 g/mol. The van der Waals surface area contributed by atoms with Crippen molar-refractivity contribution >= 4 is 11.8 Å². The van der Waals surface area contributed by atoms with Crippen LogP contribution in [0.15, 0.2) is 18.5 Å². The molecule has 6 heteroatoms. The molecule has 1 aromatic rings. The Bertz CT molecular complexity index is 472. The van der Waals surface area contributed by atoms with E-state index in [-0.39, 0.29) is 18.4 Å². The highest BCUT2D eigenvalue weighted by Crippen LogP contribution is 2.19. The number of carbonyl (C=O) groups is 2. The third kappa shape index (κ3) is 2.18. The number of amides is 2. The smallest absolute Gasteiger partial charge is 0.248 e. The minimum absolute atomic E-state index is 0.123. The molecular weight excluding hydrogens is 232 g/mol. The summed E-state index contributed by atoms with van der Waals surface area (Å²) in [5, 5.41) is 2.70. The molecule has 2 amide bonds. The fraction of sp³-hybridized carbons (Fsp3) is 0.500. The minimum Gasteiger partial charge on any atom is -0.340 e. The summed E-state index contributed by atoms with van der Waals surface area (Å²) >= 11 is 0. The average Bonchev–Trinajstić information content (AvgIpc) is 2.33. The van der Waals surface area contributed by atoms with E-state index < -0.39 is 11.6 Å². The molecule has 1 saturated heterocycles. The van der Waals surface area contributed by atoms with Crippen LogP contribution >= 0.6 is 0 Å². The van der Waals surface area contributed by atoms with Gasteiger partial charge in [0.25, 0.3) is 0 Å². The van der Waals surface area contributed by atoms with Crippen molar-refractivity contribution < 1.29 is 9.59 Å². The van der Waals surface area contributed by atoms with E-state index in [4.69, 9.17) is 0 Å². The summed E-state index contributed by atoms with van der Waals surface area (Å²) in [6.07, 6.45) is 3.24. The number of piperazine rings is 1. The molecule has 0 spiro atoms. The van der Waals surface area contributed by atoms with E-state index in [9.17, 15) is 9.59 Å². The number of nitrogens with one attached hydrogen (secondary N) is 1. The molecule has 1 aliphatic rings. The van der Waals surface area contributed by atoms with Crippen molar-refractivity contribution in [3.63, 3.8) is 0 Å². The Balaban J connectivity index is 2.24. The van der Waals surface area contributed by atoms with E-state index in [0.29, 0.717) is 5.82 Å². The number of aromatic nitrogens is 2. The standard InChI is InChI=1S/C12H16N4O2/c1-8-10(17)15-12(2,3)11(18)16(8)7-9-13-5-4-6-14-9/h4-6,8H,7H2,1-3H3,(H,15,17). The summed E-state index contributed by atoms with van der Waals surface area (Å²) in [6.45, 7) is 5.33. The molecule has 96 valence electrons. The molecule has 18 heavy (non-hydrogen) atoms. The van der Waals surface area contributed by atoms with E-state index in [2.05, 4.69) is 15.3 Å². The monoisotopic (exact) mass is 248 g/mol. The van der Waals surface area contributed by atoms with E-state index in [0.717, 1.165) is 0 Å². The van der Waals surface area contributed by atoms with Crippen LogP contribution in [-0.2, 0) is 16.1 Å². The number of nitrogens with zero attached hydrogens (tertiary/aromatic N) is 3. The van der Waals surface area contributed by atoms with Gasteiger partial charge in [-0.2, -0.15) is 0 Å². The third-order valence-electron chi connectivity index (χ3n) is 3.01. The van der Waals surface area contributed by atoms with Gasteiger partial charge in [-0.25, -0.2) is 9.97 Å². The van der Waals surface area contributed by atoms with Gasteiger partial charge in [-0.1, -0.05) is 0 Å². The number of hydrogen-bond donors (Lipinski definition) is 1. The molecule has 1 atom stereocenters. The predicted molar refractivity (Wildman–Crippen MR) is 64.3 cm³/mol. The van der Waals surface area contributed by atoms with Gasteiger partial charge in [-0.05, 0) is 26.8 Å². The molecule has 1 aliphatic heterocycles. The van der Waals surface area contributed by atoms with Crippen LogP contribution in [0.5, 0.6) is 0 Å². The number of rotatable bonds is 2. The number of hydrogen-bond acceptors (Lipinski definition) is 4. The van der Waals surface area contributed by atoms with Crippen molar-refractivity contribution in [1.82, 2.24) is 20.2 Å². The van der Waals surface area contributed by atoms with Crippen LogP contribution in [0, 0.1) is 0 Å². The Hall–Kier alpha value is -1.98. The first kappa shape index (κ1) is 12.5. The molecule has 0 bridgehead atoms. The van der Waals surface area contributed by atoms with Crippen LogP contribution < -0.4 is 5.32 Å². The lowest BCUT2D eigenvalue weighted by Gasteiger charge is -2.41. The Morgan fingerprint density at radius 1 is 1.33 bits per heavy atom. The highest BCUT2D eigenvalue weighted by Gasteiger charge is 2.43. The Labute approximate surface area is 105 Å². The maximum absolute atomic E-state index is 12.3. The highest BCUT2D eigenvalue weighted by atomic mass is 16.2. The van der Waals surface area contributed by atoms with Crippen molar-refractivity contribution in [3.8, 4) is 0 Å². The second-order valence-corrected chi connectivity index (χ2v) is 4.89. The minimum atomic E-state index is -0.877. The van der Waals surface area contributed by atoms with Gasteiger partial charge in [0.05, 0.1) is 6.54 Å². The maximum atomic E-state index is 12.3. The topological polar surface area (TPSA) is 75.2 Å². The summed E-state index contributed by atoms with van der Waals surface area (Å²) in [6, 6.07) is 1.20. The summed E-state index contributed by atoms with van der Waals surface area (Å²) in [5.74, 6) is 0.251. The van der Waals surface area contributed by atoms with Gasteiger partial charge in [-0.3, -0.25) is 9.59 Å². The molecule has 0 aromatic carbocycles. The van der Waals surface area contributed by atoms with Crippen molar-refractivity contribution in [1.29, 1.82) is 0 Å². The zero-order chi connectivity index (χ0) is 13.3. The quantitative estimate of drug-likeness (QED) is 0.805. The summed E-state index contributed by atoms with van der Waals surface area (Å²) in [4.78, 5) is 33.7. The molecule has 1 unspecified atom stereocenters. The van der Waals surface area contributed by atoms with E-state index in [1.54, 1.807) is 39.2 Å². The van der Waals surface area contributed by atoms with Crippen molar-refractivity contribution in [3.05, 3.63) is 24.3 Å². The van der Waals surface area contributed by atoms with Crippen LogP contribution in [0.3, 0.4) is 0 Å². The largest absolute Gasteiger partial charge is 0.340 e. The van der Waals surface area contributed by atoms with Gasteiger partial charge < -0.3 is 10.2 Å². The summed E-state index contributed by atoms with van der Waals surface area (Å²) in [7, 11) is 0. The molecule has 1 N–H and O–H groups in total. The zero-order valence-corrected chi connectivity index (χ0v) is 10.7. The Morgan fingerprint density at radius 2 is 1.94 bits per heavy atom. The lowest BCUT2D eigenvalue weighted by atomic mass is 9.97. The van der Waals surface area contributed by atoms with Gasteiger partial charge in [0, 0.05) is 12.4 Å². The first-order valence-corrected chi connectivity index (χ1v) is 5.81. The predicted octanol–water partition coefficient (Wildman–Crippen LogP) is 0.102. The van der Waals surface area contributed by atoms with Gasteiger partial charge in [0.2, 0.25) is 11.8 Å². The zero-order valence-electron chi connectivity index (χ0n) is 10.7. The van der Waals surface area contributed by atoms with E-state index >= 15 is 0 Å². The van der Waals surface area contributed by atoms with Crippen LogP contribution in [0.25, 0.3) is 0 Å². The first-order chi connectivity index (χ1) is 8.42. The maximum Gasteiger partial charge on any atom is 0.248 e. The summed E-state index contributed by atoms with van der Waals surface area (Å²) < 4.78 is 0. The van der Waals surface area contributed by atoms with Crippen LogP contribution in [0.1, 0.15) is 26.6 Å². The Kier molecular flexibility index (Phi) is 3.02. The van der Waals surface area contributed by atoms with Gasteiger partial charge >= 0.3 is 0 Å². The molecule has 0 radical (unpaired) electrons. The van der Waals surface area contributed by atoms with E-state index in [1.165, 1.54) is 4.90 Å². The SMILES string of the molecule is CC1C(=O)NC(C)(C)C(=O)N1Cc1ncccn1. The molecule has 0 saturated carbocycles. The van der Waals surface area contributed by atoms with Gasteiger partial charge in [0.15, 0.2) is 0 Å². The molecule has 6 nitrogen and oxygen atoms in total. The number of carbonyl (C=O) groups excluding carboxylic acids is 2. The molecule has 0 aliphatic carbocycles. The first-order valence-electron chi connectivity index (χ1n) is 5.81. The van der Waals surface area contributed by atoms with Gasteiger partial charge in [0.1, 0.15) is 17.4 Å². The molecule has 2 heterocycles. The van der Waals surface area contributed by atoms with Crippen LogP contribution in [0.2, 0.25) is 0 Å². The molecular formula is C12H16N4O2. The second kappa shape index (κ2) is 4.36. The van der Waals surface area contributed by atoms with Crippen LogP contribution in [-0.4, -0.2) is 38.3 Å². The second-order valence-electron chi connectivity index (χ2n) is 4.89. The van der Waals surface area contributed by atoms with Crippen molar-refractivity contribution in [2.75, 3.05) is 0 Å². The van der Waals surface area contributed by atoms with Gasteiger partial charge in [-0.15, -0.1) is 0 Å². The Morgan fingerprint density at radius 3 is 2.56 bits per heavy atom. The summed E-state index contributed by atoms with van der Waals surface area (Å²) in [5.41, 5.74) is -0.877. The van der Waals surface area contributed by atoms with Crippen LogP contribution in [0.4, 0.5) is 0 Å². The molecule has 1 aromatic heterocycles. The molecule has 2 rings (SSSR count). The normalized spacial score (nSPS) is 22.8.